The van der Waals surface area contributed by atoms with Crippen molar-refractivity contribution in [1.29, 1.82) is 0 Å². The zero-order valence-electron chi connectivity index (χ0n) is 25.0. The number of piperazine rings is 1. The molecular formula is C27H36F2N8O5S2. The van der Waals surface area contributed by atoms with Crippen LogP contribution in [0.25, 0.3) is 16.0 Å². The molecule has 2 aromatic heterocycles. The molecule has 2 aliphatic rings. The van der Waals surface area contributed by atoms with Gasteiger partial charge in [-0.25, -0.2) is 26.6 Å². The average molecular weight is 655 g/mol. The predicted octanol–water partition coefficient (Wildman–Crippen LogP) is 2.57. The maximum absolute atomic E-state index is 13.6. The molecule has 0 bridgehead atoms. The first-order valence-corrected chi connectivity index (χ1v) is 16.6. The number of aromatic nitrogens is 4. The van der Waals surface area contributed by atoms with E-state index >= 15 is 0 Å². The van der Waals surface area contributed by atoms with Gasteiger partial charge in [0.15, 0.2) is 5.01 Å². The van der Waals surface area contributed by atoms with Gasteiger partial charge in [-0.2, -0.15) is 5.10 Å². The molecule has 1 unspecified atom stereocenters. The standard InChI is InChI=1S/C27H36F2N8O5S2/c1-5-16(25(39)42-4)12-19-22-18(30-15-21(38)36-10-8-35(3)9-11-36)13-17(44(40,41)34-27(2)6-7-27)14-20(22)37(33-19)26-32-31-24(43-26)23(28)29/h13-14,16,23,30,34H,5-12,15H2,1-4H3. The molecule has 1 aromatic carbocycles. The Morgan fingerprint density at radius 2 is 1.86 bits per heavy atom. The molecule has 1 aliphatic carbocycles. The summed E-state index contributed by atoms with van der Waals surface area (Å²) in [6, 6.07) is 2.84. The number of amides is 1. The molecule has 13 nitrogen and oxygen atoms in total. The molecule has 1 atom stereocenters. The molecule has 0 radical (unpaired) electrons. The summed E-state index contributed by atoms with van der Waals surface area (Å²) in [6.45, 7) is 6.10. The number of hydrogen-bond donors (Lipinski definition) is 2. The monoisotopic (exact) mass is 654 g/mol. The number of hydrogen-bond acceptors (Lipinski definition) is 11. The number of sulfonamides is 1. The molecular weight excluding hydrogens is 618 g/mol. The van der Waals surface area contributed by atoms with Crippen LogP contribution in [0.3, 0.4) is 0 Å². The van der Waals surface area contributed by atoms with Gasteiger partial charge in [0, 0.05) is 49.2 Å². The van der Waals surface area contributed by atoms with Crippen molar-refractivity contribution < 1.29 is 31.5 Å². The van der Waals surface area contributed by atoms with E-state index in [1.807, 2.05) is 20.9 Å². The summed E-state index contributed by atoms with van der Waals surface area (Å²) in [7, 11) is -0.764. The third kappa shape index (κ3) is 6.84. The van der Waals surface area contributed by atoms with Crippen molar-refractivity contribution >= 4 is 49.8 Å². The van der Waals surface area contributed by atoms with Crippen molar-refractivity contribution in [2.45, 2.75) is 56.4 Å². The Morgan fingerprint density at radius 1 is 1.16 bits per heavy atom. The minimum atomic E-state index is -4.04. The van der Waals surface area contributed by atoms with Gasteiger partial charge in [0.25, 0.3) is 6.43 Å². The van der Waals surface area contributed by atoms with Crippen LogP contribution >= 0.6 is 11.3 Å². The molecule has 2 N–H and O–H groups in total. The highest BCUT2D eigenvalue weighted by molar-refractivity contribution is 7.89. The van der Waals surface area contributed by atoms with E-state index in [1.54, 1.807) is 4.90 Å². The first-order valence-electron chi connectivity index (χ1n) is 14.3. The second-order valence-electron chi connectivity index (χ2n) is 11.5. The smallest absolute Gasteiger partial charge is 0.309 e. The molecule has 3 heterocycles. The maximum atomic E-state index is 13.6. The summed E-state index contributed by atoms with van der Waals surface area (Å²) in [5.74, 6) is -1.20. The van der Waals surface area contributed by atoms with Crippen molar-refractivity contribution in [1.82, 2.24) is 34.5 Å². The molecule has 5 rings (SSSR count). The number of likely N-dealkylation sites (N-methyl/N-ethyl adjacent to an activating group) is 1. The minimum absolute atomic E-state index is 0.00112. The fraction of sp³-hybridized carbons (Fsp3) is 0.593. The molecule has 44 heavy (non-hydrogen) atoms. The third-order valence-electron chi connectivity index (χ3n) is 8.07. The van der Waals surface area contributed by atoms with Gasteiger partial charge in [-0.1, -0.05) is 18.3 Å². The Morgan fingerprint density at radius 3 is 2.45 bits per heavy atom. The van der Waals surface area contributed by atoms with Gasteiger partial charge in [-0.05, 0) is 45.4 Å². The number of carbonyl (C=O) groups excluding carboxylic acids is 2. The molecule has 1 saturated carbocycles. The van der Waals surface area contributed by atoms with Gasteiger partial charge < -0.3 is 19.9 Å². The number of benzene rings is 1. The summed E-state index contributed by atoms with van der Waals surface area (Å²) in [5, 5.41) is 15.2. The summed E-state index contributed by atoms with van der Waals surface area (Å²) >= 11 is 0.620. The van der Waals surface area contributed by atoms with Crippen molar-refractivity contribution in [2.75, 3.05) is 52.2 Å². The zero-order valence-corrected chi connectivity index (χ0v) is 26.6. The number of alkyl halides is 2. The fourth-order valence-corrected chi connectivity index (χ4v) is 7.26. The molecule has 2 fully saturated rings. The van der Waals surface area contributed by atoms with Gasteiger partial charge in [0.2, 0.25) is 21.1 Å². The lowest BCUT2D eigenvalue weighted by molar-refractivity contribution is -0.145. The Balaban J connectivity index is 1.64. The maximum Gasteiger partial charge on any atom is 0.309 e. The van der Waals surface area contributed by atoms with E-state index in [9.17, 15) is 26.8 Å². The van der Waals surface area contributed by atoms with Crippen LogP contribution in [0.1, 0.15) is 50.2 Å². The topological polar surface area (TPSA) is 152 Å². The van der Waals surface area contributed by atoms with E-state index in [-0.39, 0.29) is 34.4 Å². The zero-order chi connectivity index (χ0) is 31.8. The molecule has 3 aromatic rings. The second kappa shape index (κ2) is 12.6. The molecule has 17 heteroatoms. The van der Waals surface area contributed by atoms with Crippen LogP contribution in [-0.4, -0.2) is 102 Å². The molecule has 1 saturated heterocycles. The van der Waals surface area contributed by atoms with Crippen LogP contribution in [0.5, 0.6) is 0 Å². The first-order chi connectivity index (χ1) is 20.8. The van der Waals surface area contributed by atoms with Crippen LogP contribution in [0.15, 0.2) is 17.0 Å². The van der Waals surface area contributed by atoms with Gasteiger partial charge in [-0.15, -0.1) is 10.2 Å². The SMILES string of the molecule is CCC(Cc1nn(-c2nnc(C(F)F)s2)c2cc(S(=O)(=O)NC3(C)CC3)cc(NCC(=O)N3CCN(C)CC3)c12)C(=O)OC. The lowest BCUT2D eigenvalue weighted by Crippen LogP contribution is -2.48. The number of methoxy groups -OCH3 is 1. The fourth-order valence-electron chi connectivity index (χ4n) is 5.09. The lowest BCUT2D eigenvalue weighted by atomic mass is 9.98. The quantitative estimate of drug-likeness (QED) is 0.279. The number of anilines is 1. The average Bonchev–Trinajstić information content (AvgIpc) is 3.35. The molecule has 1 aliphatic heterocycles. The van der Waals surface area contributed by atoms with Crippen LogP contribution in [0.2, 0.25) is 0 Å². The first kappa shape index (κ1) is 32.1. The predicted molar refractivity (Wildman–Crippen MR) is 160 cm³/mol. The van der Waals surface area contributed by atoms with Crippen LogP contribution in [-0.2, 0) is 30.8 Å². The second-order valence-corrected chi connectivity index (χ2v) is 14.2. The van der Waals surface area contributed by atoms with Crippen molar-refractivity contribution in [3.63, 3.8) is 0 Å². The van der Waals surface area contributed by atoms with Crippen molar-refractivity contribution in [2.24, 2.45) is 5.92 Å². The Kier molecular flexibility index (Phi) is 9.21. The lowest BCUT2D eigenvalue weighted by Gasteiger charge is -2.32. The Labute approximate surface area is 258 Å². The Bertz CT molecular complexity index is 1650. The van der Waals surface area contributed by atoms with E-state index in [1.165, 1.54) is 23.9 Å². The largest absolute Gasteiger partial charge is 0.469 e. The van der Waals surface area contributed by atoms with Crippen LogP contribution < -0.4 is 10.0 Å². The molecule has 240 valence electrons. The van der Waals surface area contributed by atoms with Crippen molar-refractivity contribution in [3.8, 4) is 5.13 Å². The van der Waals surface area contributed by atoms with E-state index in [4.69, 9.17) is 4.74 Å². The number of fused-ring (bicyclic) bond motifs is 1. The normalized spacial score (nSPS) is 17.7. The number of carbonyl (C=O) groups is 2. The van der Waals surface area contributed by atoms with Gasteiger partial charge >= 0.3 is 5.97 Å². The molecule has 0 spiro atoms. The summed E-state index contributed by atoms with van der Waals surface area (Å²) in [4.78, 5) is 29.5. The van der Waals surface area contributed by atoms with Crippen LogP contribution in [0, 0.1) is 5.92 Å². The van der Waals surface area contributed by atoms with Crippen LogP contribution in [0.4, 0.5) is 14.5 Å². The summed E-state index contributed by atoms with van der Waals surface area (Å²) < 4.78 is 63.0. The van der Waals surface area contributed by atoms with Gasteiger partial charge in [0.1, 0.15) is 0 Å². The van der Waals surface area contributed by atoms with Crippen molar-refractivity contribution in [3.05, 3.63) is 22.8 Å². The summed E-state index contributed by atoms with van der Waals surface area (Å²) in [5.41, 5.74) is 0.359. The number of halogens is 2. The number of rotatable bonds is 12. The van der Waals surface area contributed by atoms with E-state index in [2.05, 4.69) is 30.2 Å². The Hall–Kier alpha value is -3.28. The summed E-state index contributed by atoms with van der Waals surface area (Å²) in [6.07, 6.45) is -0.947. The van der Waals surface area contributed by atoms with Gasteiger partial charge in [0.05, 0.1) is 35.7 Å². The third-order valence-corrected chi connectivity index (χ3v) is 10.6. The highest BCUT2D eigenvalue weighted by Gasteiger charge is 2.41. The van der Waals surface area contributed by atoms with E-state index < -0.39 is 38.9 Å². The van der Waals surface area contributed by atoms with Gasteiger partial charge in [-0.3, -0.25) is 9.59 Å². The number of nitrogens with zero attached hydrogens (tertiary/aromatic N) is 6. The van der Waals surface area contributed by atoms with E-state index in [0.717, 1.165) is 13.1 Å². The minimum Gasteiger partial charge on any atom is -0.469 e. The number of ether oxygens (including phenoxy) is 1. The number of nitrogens with one attached hydrogen (secondary N) is 2. The molecule has 1 amide bonds. The highest BCUT2D eigenvalue weighted by Crippen LogP contribution is 2.38. The van der Waals surface area contributed by atoms with E-state index in [0.29, 0.717) is 60.5 Å². The number of esters is 1. The highest BCUT2D eigenvalue weighted by atomic mass is 32.2.